The lowest BCUT2D eigenvalue weighted by Crippen LogP contribution is -2.23. The summed E-state index contributed by atoms with van der Waals surface area (Å²) in [6, 6.07) is 8.46. The van der Waals surface area contributed by atoms with E-state index in [1.54, 1.807) is 11.3 Å². The fraction of sp³-hybridized carbons (Fsp3) is 0.333. The zero-order valence-electron chi connectivity index (χ0n) is 11.3. The van der Waals surface area contributed by atoms with Gasteiger partial charge in [0, 0.05) is 14.4 Å². The number of hydrogen-bond acceptors (Lipinski definition) is 2. The summed E-state index contributed by atoms with van der Waals surface area (Å²) in [7, 11) is 0. The summed E-state index contributed by atoms with van der Waals surface area (Å²) in [6.45, 7) is 5.23. The topological polar surface area (TPSA) is 12.0 Å². The number of benzene rings is 1. The molecule has 0 saturated carbocycles. The lowest BCUT2D eigenvalue weighted by molar-refractivity contribution is 0.603. The van der Waals surface area contributed by atoms with E-state index in [0.717, 1.165) is 31.8 Å². The molecular weight excluding hydrogens is 422 g/mol. The van der Waals surface area contributed by atoms with Gasteiger partial charge in [0.1, 0.15) is 0 Å². The monoisotopic (exact) mass is 435 g/mol. The van der Waals surface area contributed by atoms with Gasteiger partial charge >= 0.3 is 0 Å². The summed E-state index contributed by atoms with van der Waals surface area (Å²) >= 11 is 15.2. The molecule has 0 amide bonds. The molecule has 0 fully saturated rings. The first-order valence-corrected chi connectivity index (χ1v) is 9.25. The molecule has 1 unspecified atom stereocenters. The van der Waals surface area contributed by atoms with Crippen LogP contribution in [-0.2, 0) is 0 Å². The van der Waals surface area contributed by atoms with Crippen LogP contribution in [0.2, 0.25) is 5.02 Å². The molecular formula is C15H16Br2ClNS. The third-order valence-electron chi connectivity index (χ3n) is 3.17. The molecule has 0 saturated heterocycles. The summed E-state index contributed by atoms with van der Waals surface area (Å²) < 4.78 is 2.22. The van der Waals surface area contributed by atoms with Crippen molar-refractivity contribution in [3.8, 4) is 0 Å². The van der Waals surface area contributed by atoms with E-state index in [1.807, 2.05) is 12.1 Å². The Balaban J connectivity index is 2.44. The molecule has 0 aliphatic rings. The van der Waals surface area contributed by atoms with E-state index in [2.05, 4.69) is 63.2 Å². The van der Waals surface area contributed by atoms with Crippen LogP contribution in [0.3, 0.4) is 0 Å². The van der Waals surface area contributed by atoms with Crippen molar-refractivity contribution in [1.82, 2.24) is 5.32 Å². The van der Waals surface area contributed by atoms with E-state index in [1.165, 1.54) is 10.4 Å². The van der Waals surface area contributed by atoms with Gasteiger partial charge in [0.05, 0.1) is 9.83 Å². The van der Waals surface area contributed by atoms with Crippen molar-refractivity contribution < 1.29 is 0 Å². The van der Waals surface area contributed by atoms with Gasteiger partial charge in [0.15, 0.2) is 0 Å². The molecule has 1 nitrogen and oxygen atoms in total. The molecule has 1 atom stereocenters. The maximum Gasteiger partial charge on any atom is 0.0843 e. The minimum atomic E-state index is 0.182. The van der Waals surface area contributed by atoms with Gasteiger partial charge in [-0.2, -0.15) is 0 Å². The summed E-state index contributed by atoms with van der Waals surface area (Å²) in [5.74, 6) is 0. The van der Waals surface area contributed by atoms with E-state index in [-0.39, 0.29) is 6.04 Å². The summed E-state index contributed by atoms with van der Waals surface area (Å²) in [5, 5.41) is 4.44. The normalized spacial score (nSPS) is 12.7. The molecule has 1 aromatic heterocycles. The fourth-order valence-electron chi connectivity index (χ4n) is 2.09. The number of thiophene rings is 1. The Morgan fingerprint density at radius 2 is 2.10 bits per heavy atom. The van der Waals surface area contributed by atoms with Crippen molar-refractivity contribution >= 4 is 54.8 Å². The number of halogens is 3. The first kappa shape index (κ1) is 16.5. The van der Waals surface area contributed by atoms with Crippen LogP contribution in [0.15, 0.2) is 32.5 Å². The molecule has 2 rings (SSSR count). The van der Waals surface area contributed by atoms with Gasteiger partial charge in [-0.05, 0) is 75.0 Å². The minimum absolute atomic E-state index is 0.182. The van der Waals surface area contributed by atoms with Crippen LogP contribution >= 0.6 is 54.8 Å². The molecule has 0 bridgehead atoms. The quantitative estimate of drug-likeness (QED) is 0.577. The molecule has 20 heavy (non-hydrogen) atoms. The fourth-order valence-corrected chi connectivity index (χ4v) is 4.46. The maximum atomic E-state index is 6.27. The predicted octanol–water partition coefficient (Wildman–Crippen LogP) is 6.32. The molecule has 0 radical (unpaired) electrons. The van der Waals surface area contributed by atoms with Gasteiger partial charge in [-0.25, -0.2) is 0 Å². The second kappa shape index (κ2) is 7.41. The Kier molecular flexibility index (Phi) is 6.11. The highest BCUT2D eigenvalue weighted by Gasteiger charge is 2.19. The third-order valence-corrected chi connectivity index (χ3v) is 6.90. The Hall–Kier alpha value is 0.130. The van der Waals surface area contributed by atoms with E-state index >= 15 is 0 Å². The average Bonchev–Trinajstić information content (AvgIpc) is 2.74. The van der Waals surface area contributed by atoms with Gasteiger partial charge in [-0.15, -0.1) is 11.3 Å². The highest BCUT2D eigenvalue weighted by molar-refractivity contribution is 9.13. The van der Waals surface area contributed by atoms with Gasteiger partial charge in [-0.3, -0.25) is 0 Å². The van der Waals surface area contributed by atoms with E-state index in [0.29, 0.717) is 0 Å². The van der Waals surface area contributed by atoms with E-state index in [4.69, 9.17) is 11.6 Å². The zero-order valence-corrected chi connectivity index (χ0v) is 16.1. The number of rotatable bonds is 5. The van der Waals surface area contributed by atoms with Gasteiger partial charge in [-0.1, -0.05) is 30.7 Å². The molecule has 1 N–H and O–H groups in total. The standard InChI is InChI=1S/C15H16Br2ClNS/c1-3-7-19-14(13-8-11(16)15(17)20-13)10-5-4-6-12(18)9(10)2/h4-6,8,14,19H,3,7H2,1-2H3. The Morgan fingerprint density at radius 1 is 1.35 bits per heavy atom. The summed E-state index contributed by atoms with van der Waals surface area (Å²) in [4.78, 5) is 1.28. The van der Waals surface area contributed by atoms with Crippen LogP contribution in [0.1, 0.15) is 35.4 Å². The maximum absolute atomic E-state index is 6.27. The van der Waals surface area contributed by atoms with Crippen LogP contribution in [0, 0.1) is 6.92 Å². The predicted molar refractivity (Wildman–Crippen MR) is 96.0 cm³/mol. The highest BCUT2D eigenvalue weighted by Crippen LogP contribution is 2.39. The first-order valence-electron chi connectivity index (χ1n) is 6.47. The molecule has 1 aromatic carbocycles. The lowest BCUT2D eigenvalue weighted by atomic mass is 10.00. The van der Waals surface area contributed by atoms with Crippen LogP contribution in [-0.4, -0.2) is 6.54 Å². The molecule has 1 heterocycles. The SMILES string of the molecule is CCCNC(c1cc(Br)c(Br)s1)c1cccc(Cl)c1C. The van der Waals surface area contributed by atoms with Crippen molar-refractivity contribution in [3.05, 3.63) is 53.6 Å². The van der Waals surface area contributed by atoms with Gasteiger partial charge in [0.2, 0.25) is 0 Å². The van der Waals surface area contributed by atoms with E-state index in [9.17, 15) is 0 Å². The van der Waals surface area contributed by atoms with Crippen LogP contribution in [0.4, 0.5) is 0 Å². The van der Waals surface area contributed by atoms with Gasteiger partial charge in [0.25, 0.3) is 0 Å². The van der Waals surface area contributed by atoms with Crippen LogP contribution < -0.4 is 5.32 Å². The minimum Gasteiger partial charge on any atom is -0.306 e. The zero-order chi connectivity index (χ0) is 14.7. The lowest BCUT2D eigenvalue weighted by Gasteiger charge is -2.20. The summed E-state index contributed by atoms with van der Waals surface area (Å²) in [6.07, 6.45) is 1.10. The summed E-state index contributed by atoms with van der Waals surface area (Å²) in [5.41, 5.74) is 2.38. The smallest absolute Gasteiger partial charge is 0.0843 e. The van der Waals surface area contributed by atoms with Crippen LogP contribution in [0.5, 0.6) is 0 Å². The van der Waals surface area contributed by atoms with E-state index < -0.39 is 0 Å². The molecule has 108 valence electrons. The number of nitrogens with one attached hydrogen (secondary N) is 1. The average molecular weight is 438 g/mol. The Morgan fingerprint density at radius 3 is 2.70 bits per heavy atom. The molecule has 0 aliphatic carbocycles. The van der Waals surface area contributed by atoms with Crippen molar-refractivity contribution in [2.75, 3.05) is 6.54 Å². The molecule has 0 spiro atoms. The Labute approximate surface area is 146 Å². The van der Waals surface area contributed by atoms with Crippen molar-refractivity contribution in [2.45, 2.75) is 26.3 Å². The molecule has 2 aromatic rings. The second-order valence-corrected chi connectivity index (χ2v) is 8.27. The largest absolute Gasteiger partial charge is 0.306 e. The van der Waals surface area contributed by atoms with Gasteiger partial charge < -0.3 is 5.32 Å². The highest BCUT2D eigenvalue weighted by atomic mass is 79.9. The van der Waals surface area contributed by atoms with Crippen molar-refractivity contribution in [2.24, 2.45) is 0 Å². The van der Waals surface area contributed by atoms with Crippen molar-refractivity contribution in [1.29, 1.82) is 0 Å². The van der Waals surface area contributed by atoms with Crippen molar-refractivity contribution in [3.63, 3.8) is 0 Å². The first-order chi connectivity index (χ1) is 9.54. The molecule has 0 aliphatic heterocycles. The molecule has 5 heteroatoms. The number of hydrogen-bond donors (Lipinski definition) is 1. The van der Waals surface area contributed by atoms with Crippen LogP contribution in [0.25, 0.3) is 0 Å². The second-order valence-electron chi connectivity index (χ2n) is 4.61. The third kappa shape index (κ3) is 3.66. The Bertz CT molecular complexity index is 578.